The standard InChI is InChI=1S/C8H16N2O4/c1-2-3-6(9)4-7(11)10-14-5-8(12)13/h6H,2-5,9H2,1H3,(H,10,11)(H,12,13). The van der Waals surface area contributed by atoms with Crippen LogP contribution in [0.25, 0.3) is 0 Å². The molecule has 0 aliphatic heterocycles. The van der Waals surface area contributed by atoms with Crippen LogP contribution in [0.3, 0.4) is 0 Å². The van der Waals surface area contributed by atoms with Crippen molar-refractivity contribution in [3.8, 4) is 0 Å². The van der Waals surface area contributed by atoms with Gasteiger partial charge in [-0.25, -0.2) is 10.3 Å². The first-order chi connectivity index (χ1) is 6.56. The number of rotatable bonds is 7. The number of carboxylic acid groups (broad SMARTS) is 1. The van der Waals surface area contributed by atoms with E-state index in [-0.39, 0.29) is 12.5 Å². The van der Waals surface area contributed by atoms with E-state index in [0.717, 1.165) is 12.8 Å². The Morgan fingerprint density at radius 1 is 1.57 bits per heavy atom. The van der Waals surface area contributed by atoms with Crippen LogP contribution in [-0.4, -0.2) is 29.6 Å². The molecule has 1 unspecified atom stereocenters. The lowest BCUT2D eigenvalue weighted by Gasteiger charge is -2.09. The van der Waals surface area contributed by atoms with Gasteiger partial charge in [-0.3, -0.25) is 9.63 Å². The summed E-state index contributed by atoms with van der Waals surface area (Å²) in [4.78, 5) is 25.4. The molecule has 4 N–H and O–H groups in total. The van der Waals surface area contributed by atoms with Crippen LogP contribution in [0.4, 0.5) is 0 Å². The molecule has 0 radical (unpaired) electrons. The highest BCUT2D eigenvalue weighted by atomic mass is 16.7. The lowest BCUT2D eigenvalue weighted by atomic mass is 10.1. The quantitative estimate of drug-likeness (QED) is 0.491. The van der Waals surface area contributed by atoms with E-state index in [2.05, 4.69) is 4.84 Å². The Bertz CT molecular complexity index is 196. The van der Waals surface area contributed by atoms with Gasteiger partial charge in [-0.2, -0.15) is 0 Å². The number of nitrogens with two attached hydrogens (primary N) is 1. The van der Waals surface area contributed by atoms with Crippen molar-refractivity contribution in [2.75, 3.05) is 6.61 Å². The Morgan fingerprint density at radius 2 is 2.21 bits per heavy atom. The average molecular weight is 204 g/mol. The second-order valence-corrected chi connectivity index (χ2v) is 2.96. The molecule has 0 rings (SSSR count). The van der Waals surface area contributed by atoms with E-state index in [1.165, 1.54) is 0 Å². The van der Waals surface area contributed by atoms with Gasteiger partial charge in [-0.05, 0) is 6.42 Å². The predicted octanol–water partition coefficient (Wildman–Crippen LogP) is -0.364. The third-order valence-electron chi connectivity index (χ3n) is 1.49. The minimum Gasteiger partial charge on any atom is -0.479 e. The fourth-order valence-electron chi connectivity index (χ4n) is 0.931. The van der Waals surface area contributed by atoms with Crippen molar-refractivity contribution < 1.29 is 19.5 Å². The molecular weight excluding hydrogens is 188 g/mol. The van der Waals surface area contributed by atoms with Crippen molar-refractivity contribution >= 4 is 11.9 Å². The maximum Gasteiger partial charge on any atom is 0.332 e. The predicted molar refractivity (Wildman–Crippen MR) is 49.2 cm³/mol. The third kappa shape index (κ3) is 7.51. The number of hydroxylamine groups is 1. The highest BCUT2D eigenvalue weighted by Crippen LogP contribution is 1.97. The lowest BCUT2D eigenvalue weighted by Crippen LogP contribution is -2.32. The number of carbonyl (C=O) groups is 2. The topological polar surface area (TPSA) is 102 Å². The van der Waals surface area contributed by atoms with Gasteiger partial charge in [-0.1, -0.05) is 13.3 Å². The Morgan fingerprint density at radius 3 is 2.71 bits per heavy atom. The normalized spacial score (nSPS) is 12.1. The first-order valence-electron chi connectivity index (χ1n) is 4.44. The van der Waals surface area contributed by atoms with Crippen molar-refractivity contribution in [1.82, 2.24) is 5.48 Å². The molecule has 0 bridgehead atoms. The number of aliphatic carboxylic acids is 1. The molecule has 0 aliphatic rings. The van der Waals surface area contributed by atoms with Gasteiger partial charge in [0.05, 0.1) is 0 Å². The summed E-state index contributed by atoms with van der Waals surface area (Å²) in [5, 5.41) is 8.19. The van der Waals surface area contributed by atoms with Crippen molar-refractivity contribution in [2.24, 2.45) is 5.73 Å². The summed E-state index contributed by atoms with van der Waals surface area (Å²) in [6.45, 7) is 1.42. The Labute approximate surface area is 82.4 Å². The van der Waals surface area contributed by atoms with E-state index in [1.807, 2.05) is 12.4 Å². The molecule has 0 heterocycles. The summed E-state index contributed by atoms with van der Waals surface area (Å²) >= 11 is 0. The summed E-state index contributed by atoms with van der Waals surface area (Å²) in [6.07, 6.45) is 1.81. The van der Waals surface area contributed by atoms with E-state index < -0.39 is 18.5 Å². The fourth-order valence-corrected chi connectivity index (χ4v) is 0.931. The number of hydrogen-bond donors (Lipinski definition) is 3. The van der Waals surface area contributed by atoms with E-state index in [1.54, 1.807) is 0 Å². The summed E-state index contributed by atoms with van der Waals surface area (Å²) in [5.74, 6) is -1.53. The van der Waals surface area contributed by atoms with E-state index >= 15 is 0 Å². The number of carboxylic acids is 1. The molecule has 6 nitrogen and oxygen atoms in total. The molecule has 0 saturated carbocycles. The van der Waals surface area contributed by atoms with Crippen LogP contribution < -0.4 is 11.2 Å². The van der Waals surface area contributed by atoms with E-state index in [0.29, 0.717) is 0 Å². The minimum absolute atomic E-state index is 0.146. The van der Waals surface area contributed by atoms with Crippen molar-refractivity contribution in [3.63, 3.8) is 0 Å². The number of hydrogen-bond acceptors (Lipinski definition) is 4. The fraction of sp³-hybridized carbons (Fsp3) is 0.750. The van der Waals surface area contributed by atoms with Gasteiger partial charge in [0.2, 0.25) is 5.91 Å². The van der Waals surface area contributed by atoms with Gasteiger partial charge in [0, 0.05) is 12.5 Å². The van der Waals surface area contributed by atoms with Gasteiger partial charge in [0.25, 0.3) is 0 Å². The zero-order chi connectivity index (χ0) is 11.0. The van der Waals surface area contributed by atoms with Gasteiger partial charge in [0.15, 0.2) is 6.61 Å². The first-order valence-corrected chi connectivity index (χ1v) is 4.44. The van der Waals surface area contributed by atoms with Crippen molar-refractivity contribution in [1.29, 1.82) is 0 Å². The number of amides is 1. The molecule has 0 aromatic carbocycles. The SMILES string of the molecule is CCCC(N)CC(=O)NOCC(=O)O. The number of carbonyl (C=O) groups excluding carboxylic acids is 1. The van der Waals surface area contributed by atoms with Gasteiger partial charge < -0.3 is 10.8 Å². The minimum atomic E-state index is -1.14. The third-order valence-corrected chi connectivity index (χ3v) is 1.49. The van der Waals surface area contributed by atoms with Crippen LogP contribution in [0.15, 0.2) is 0 Å². The lowest BCUT2D eigenvalue weighted by molar-refractivity contribution is -0.149. The van der Waals surface area contributed by atoms with Crippen LogP contribution in [0, 0.1) is 0 Å². The molecule has 14 heavy (non-hydrogen) atoms. The molecule has 0 aromatic rings. The molecule has 0 aliphatic carbocycles. The zero-order valence-electron chi connectivity index (χ0n) is 8.16. The molecule has 82 valence electrons. The summed E-state index contributed by atoms with van der Waals surface area (Å²) < 4.78 is 0. The Kier molecular flexibility index (Phi) is 6.69. The van der Waals surface area contributed by atoms with Crippen LogP contribution in [0.1, 0.15) is 26.2 Å². The molecule has 0 aromatic heterocycles. The summed E-state index contributed by atoms with van der Waals surface area (Å²) in [6, 6.07) is -0.201. The highest BCUT2D eigenvalue weighted by Gasteiger charge is 2.08. The second kappa shape index (κ2) is 7.28. The van der Waals surface area contributed by atoms with Crippen molar-refractivity contribution in [3.05, 3.63) is 0 Å². The van der Waals surface area contributed by atoms with Gasteiger partial charge in [0.1, 0.15) is 0 Å². The smallest absolute Gasteiger partial charge is 0.332 e. The van der Waals surface area contributed by atoms with Crippen molar-refractivity contribution in [2.45, 2.75) is 32.2 Å². The second-order valence-electron chi connectivity index (χ2n) is 2.96. The Balaban J connectivity index is 3.50. The molecule has 1 amide bonds. The first kappa shape index (κ1) is 12.9. The molecule has 1 atom stereocenters. The number of nitrogens with one attached hydrogen (secondary N) is 1. The zero-order valence-corrected chi connectivity index (χ0v) is 8.16. The highest BCUT2D eigenvalue weighted by molar-refractivity contribution is 5.75. The average Bonchev–Trinajstić information content (AvgIpc) is 2.03. The van der Waals surface area contributed by atoms with Gasteiger partial charge in [-0.15, -0.1) is 0 Å². The summed E-state index contributed by atoms with van der Waals surface area (Å²) in [5.41, 5.74) is 7.59. The molecule has 0 fully saturated rings. The summed E-state index contributed by atoms with van der Waals surface area (Å²) in [7, 11) is 0. The molecule has 6 heteroatoms. The molecule has 0 saturated heterocycles. The Hall–Kier alpha value is -1.14. The molecular formula is C8H16N2O4. The monoisotopic (exact) mass is 204 g/mol. The van der Waals surface area contributed by atoms with Crippen LogP contribution in [0.2, 0.25) is 0 Å². The maximum absolute atomic E-state index is 11.0. The van der Waals surface area contributed by atoms with Crippen LogP contribution in [-0.2, 0) is 14.4 Å². The van der Waals surface area contributed by atoms with Crippen LogP contribution in [0.5, 0.6) is 0 Å². The van der Waals surface area contributed by atoms with E-state index in [4.69, 9.17) is 10.8 Å². The van der Waals surface area contributed by atoms with Gasteiger partial charge >= 0.3 is 5.97 Å². The largest absolute Gasteiger partial charge is 0.479 e. The molecule has 0 spiro atoms. The van der Waals surface area contributed by atoms with Crippen LogP contribution >= 0.6 is 0 Å². The maximum atomic E-state index is 11.0. The van der Waals surface area contributed by atoms with E-state index in [9.17, 15) is 9.59 Å².